The number of hydrogen-bond donors (Lipinski definition) is 2. The lowest BCUT2D eigenvalue weighted by atomic mass is 9.73. The van der Waals surface area contributed by atoms with Crippen LogP contribution in [0.15, 0.2) is 121 Å². The molecule has 0 bridgehead atoms. The molecule has 0 aliphatic carbocycles. The van der Waals surface area contributed by atoms with Crippen molar-refractivity contribution in [2.75, 3.05) is 14.1 Å². The van der Waals surface area contributed by atoms with Crippen molar-refractivity contribution >= 4 is 7.87 Å². The summed E-state index contributed by atoms with van der Waals surface area (Å²) in [4.78, 5) is 0. The second-order valence-corrected chi connectivity index (χ2v) is 15.3. The molecule has 0 aromatic heterocycles. The second-order valence-electron chi connectivity index (χ2n) is 12.3. The third kappa shape index (κ3) is 4.00. The van der Waals surface area contributed by atoms with Gasteiger partial charge in [0.05, 0.1) is 12.1 Å². The lowest BCUT2D eigenvalue weighted by Crippen LogP contribution is -2.51. The molecular formula is C36H44N4P+. The summed E-state index contributed by atoms with van der Waals surface area (Å²) >= 11 is 0. The fraction of sp³-hybridized carbons (Fsp3) is 0.333. The Hall–Kier alpha value is -2.85. The summed E-state index contributed by atoms with van der Waals surface area (Å²) in [5.41, 5.74) is 4.57. The number of nitrogens with zero attached hydrogens (tertiary/aromatic N) is 2. The molecule has 2 fully saturated rings. The molecule has 2 saturated heterocycles. The van der Waals surface area contributed by atoms with E-state index in [-0.39, 0.29) is 23.2 Å². The maximum Gasteiger partial charge on any atom is 0.306 e. The molecule has 0 amide bonds. The van der Waals surface area contributed by atoms with Gasteiger partial charge in [0.1, 0.15) is 11.1 Å². The van der Waals surface area contributed by atoms with Gasteiger partial charge in [-0.2, -0.15) is 0 Å². The van der Waals surface area contributed by atoms with Crippen LogP contribution in [0.25, 0.3) is 0 Å². The van der Waals surface area contributed by atoms with Gasteiger partial charge in [0.25, 0.3) is 0 Å². The molecule has 0 radical (unpaired) electrons. The molecule has 212 valence electrons. The van der Waals surface area contributed by atoms with Crippen LogP contribution in [-0.4, -0.2) is 35.5 Å². The molecule has 0 unspecified atom stereocenters. The van der Waals surface area contributed by atoms with E-state index in [4.69, 9.17) is 0 Å². The summed E-state index contributed by atoms with van der Waals surface area (Å²) in [7, 11) is 2.38. The van der Waals surface area contributed by atoms with E-state index in [1.54, 1.807) is 0 Å². The largest absolute Gasteiger partial charge is 0.306 e. The molecule has 2 atom stereocenters. The summed E-state index contributed by atoms with van der Waals surface area (Å²) in [6, 6.07) is 44.9. The number of rotatable bonds is 6. The normalized spacial score (nSPS) is 23.5. The molecule has 1 spiro atoms. The molecule has 4 aromatic carbocycles. The zero-order valence-corrected chi connectivity index (χ0v) is 26.1. The van der Waals surface area contributed by atoms with Gasteiger partial charge in [0, 0.05) is 14.1 Å². The Morgan fingerprint density at radius 2 is 0.732 bits per heavy atom. The molecule has 41 heavy (non-hydrogen) atoms. The van der Waals surface area contributed by atoms with Crippen molar-refractivity contribution in [3.63, 3.8) is 0 Å². The third-order valence-electron chi connectivity index (χ3n) is 9.62. The smallest absolute Gasteiger partial charge is 0.140 e. The molecule has 2 N–H and O–H groups in total. The third-order valence-corrected chi connectivity index (χ3v) is 13.3. The SMILES string of the molecule is CC(C)[C@@H]1N[P+]2(N[C@@H](C(C)C)C(c3ccccc3)(c3ccccc3)N2C)N(C)C1(c1ccccc1)c1ccccc1. The van der Waals surface area contributed by atoms with Gasteiger partial charge in [0.2, 0.25) is 0 Å². The minimum Gasteiger partial charge on any atom is -0.140 e. The topological polar surface area (TPSA) is 30.5 Å². The summed E-state index contributed by atoms with van der Waals surface area (Å²) in [5.74, 6) is 0.766. The maximum absolute atomic E-state index is 4.38. The molecule has 2 aliphatic rings. The van der Waals surface area contributed by atoms with E-state index >= 15 is 0 Å². The fourth-order valence-corrected chi connectivity index (χ4v) is 12.4. The Morgan fingerprint density at radius 3 is 0.951 bits per heavy atom. The number of likely N-dealkylation sites (N-methyl/N-ethyl adjacent to an activating group) is 2. The van der Waals surface area contributed by atoms with Gasteiger partial charge in [-0.05, 0) is 34.1 Å². The number of benzene rings is 4. The van der Waals surface area contributed by atoms with E-state index in [0.717, 1.165) is 0 Å². The lowest BCUT2D eigenvalue weighted by molar-refractivity contribution is 0.204. The zero-order valence-electron chi connectivity index (χ0n) is 25.2. The first kappa shape index (κ1) is 28.3. The molecule has 0 saturated carbocycles. The van der Waals surface area contributed by atoms with Crippen molar-refractivity contribution in [1.29, 1.82) is 0 Å². The summed E-state index contributed by atoms with van der Waals surface area (Å²) < 4.78 is 5.41. The van der Waals surface area contributed by atoms with Crippen LogP contribution in [0.3, 0.4) is 0 Å². The minimum atomic E-state index is -2.34. The van der Waals surface area contributed by atoms with Gasteiger partial charge in [-0.1, -0.05) is 149 Å². The maximum atomic E-state index is 4.38. The van der Waals surface area contributed by atoms with E-state index in [1.807, 2.05) is 0 Å². The standard InChI is InChI=1S/C36H44N4P/c1-27(2)33-35(29-19-11-7-12-20-29,30-21-13-8-14-22-30)39(5)41(37-33)38-34(28(3)4)36(40(41)6,31-23-15-9-16-24-31)32-25-17-10-18-26-32/h7-28,33-34,37-38H,1-6H3/q+1/t33-,34-,41?/m0/s1. The van der Waals surface area contributed by atoms with Crippen LogP contribution in [-0.2, 0) is 11.1 Å². The molecule has 2 heterocycles. The minimum absolute atomic E-state index is 0.177. The zero-order chi connectivity index (χ0) is 28.8. The predicted octanol–water partition coefficient (Wildman–Crippen LogP) is 7.67. The first-order valence-electron chi connectivity index (χ1n) is 15.0. The van der Waals surface area contributed by atoms with Crippen LogP contribution in [0.1, 0.15) is 49.9 Å². The Morgan fingerprint density at radius 1 is 0.488 bits per heavy atom. The molecule has 4 nitrogen and oxygen atoms in total. The Labute approximate surface area is 247 Å². The highest BCUT2D eigenvalue weighted by Gasteiger charge is 2.78. The average molecular weight is 564 g/mol. The summed E-state index contributed by atoms with van der Waals surface area (Å²) in [5, 5.41) is 8.77. The Balaban J connectivity index is 1.65. The van der Waals surface area contributed by atoms with E-state index < -0.39 is 7.87 Å². The van der Waals surface area contributed by atoms with Crippen LogP contribution in [0.5, 0.6) is 0 Å². The van der Waals surface area contributed by atoms with Crippen molar-refractivity contribution in [1.82, 2.24) is 19.5 Å². The monoisotopic (exact) mass is 563 g/mol. The van der Waals surface area contributed by atoms with Crippen LogP contribution in [0, 0.1) is 11.8 Å². The molecule has 2 aliphatic heterocycles. The number of hydrogen-bond acceptors (Lipinski definition) is 4. The molecule has 6 rings (SSSR count). The second kappa shape index (κ2) is 10.8. The van der Waals surface area contributed by atoms with Gasteiger partial charge < -0.3 is 0 Å². The highest BCUT2D eigenvalue weighted by atomic mass is 31.2. The van der Waals surface area contributed by atoms with Crippen molar-refractivity contribution in [3.8, 4) is 0 Å². The quantitative estimate of drug-likeness (QED) is 0.236. The van der Waals surface area contributed by atoms with E-state index in [2.05, 4.69) is 183 Å². The van der Waals surface area contributed by atoms with Crippen molar-refractivity contribution in [3.05, 3.63) is 144 Å². The van der Waals surface area contributed by atoms with Crippen LogP contribution in [0.4, 0.5) is 0 Å². The molecule has 4 aromatic rings. The van der Waals surface area contributed by atoms with Gasteiger partial charge in [0.15, 0.2) is 0 Å². The van der Waals surface area contributed by atoms with E-state index in [1.165, 1.54) is 22.3 Å². The highest BCUT2D eigenvalue weighted by molar-refractivity contribution is 7.68. The Bertz CT molecular complexity index is 1250. The van der Waals surface area contributed by atoms with E-state index in [0.29, 0.717) is 11.8 Å². The van der Waals surface area contributed by atoms with Gasteiger partial charge >= 0.3 is 7.87 Å². The Kier molecular flexibility index (Phi) is 7.43. The summed E-state index contributed by atoms with van der Waals surface area (Å²) in [6.07, 6.45) is 0. The highest BCUT2D eigenvalue weighted by Crippen LogP contribution is 2.76. The average Bonchev–Trinajstić information content (AvgIpc) is 3.44. The fourth-order valence-electron chi connectivity index (χ4n) is 7.85. The van der Waals surface area contributed by atoms with Crippen LogP contribution < -0.4 is 10.2 Å². The first-order valence-corrected chi connectivity index (χ1v) is 16.7. The van der Waals surface area contributed by atoms with Crippen molar-refractivity contribution in [2.24, 2.45) is 11.8 Å². The molecular weight excluding hydrogens is 519 g/mol. The van der Waals surface area contributed by atoms with Crippen LogP contribution in [0.2, 0.25) is 0 Å². The van der Waals surface area contributed by atoms with Crippen LogP contribution >= 0.6 is 7.87 Å². The first-order chi connectivity index (χ1) is 19.8. The lowest BCUT2D eigenvalue weighted by Gasteiger charge is -2.43. The molecule has 5 heteroatoms. The van der Waals surface area contributed by atoms with Gasteiger partial charge in [-0.25, -0.2) is 0 Å². The van der Waals surface area contributed by atoms with E-state index in [9.17, 15) is 0 Å². The van der Waals surface area contributed by atoms with Gasteiger partial charge in [-0.15, -0.1) is 19.5 Å². The van der Waals surface area contributed by atoms with Gasteiger partial charge in [-0.3, -0.25) is 0 Å². The van der Waals surface area contributed by atoms with Crippen molar-refractivity contribution in [2.45, 2.75) is 50.9 Å². The summed E-state index contributed by atoms with van der Waals surface area (Å²) in [6.45, 7) is 9.47. The number of nitrogens with one attached hydrogen (secondary N) is 2. The van der Waals surface area contributed by atoms with Crippen molar-refractivity contribution < 1.29 is 0 Å². The predicted molar refractivity (Wildman–Crippen MR) is 173 cm³/mol.